The number of alkyl halides is 3. The van der Waals surface area contributed by atoms with Crippen LogP contribution in [0.3, 0.4) is 0 Å². The highest BCUT2D eigenvalue weighted by Gasteiger charge is 2.30. The van der Waals surface area contributed by atoms with E-state index in [2.05, 4.69) is 10.6 Å². The lowest BCUT2D eigenvalue weighted by Gasteiger charge is -2.31. The minimum atomic E-state index is -4.35. The summed E-state index contributed by atoms with van der Waals surface area (Å²) in [5, 5.41) is 5.55. The summed E-state index contributed by atoms with van der Waals surface area (Å²) in [7, 11) is 0. The summed E-state index contributed by atoms with van der Waals surface area (Å²) in [6, 6.07) is 4.54. The van der Waals surface area contributed by atoms with Crippen LogP contribution in [0, 0.1) is 0 Å². The maximum Gasteiger partial charge on any atom is 0.416 e. The predicted octanol–water partition coefficient (Wildman–Crippen LogP) is 3.17. The number of piperidine rings is 1. The third kappa shape index (κ3) is 6.65. The van der Waals surface area contributed by atoms with Crippen molar-refractivity contribution in [2.75, 3.05) is 26.2 Å². The standard InChI is InChI=1S/C18H24F3N3O3/c1-2-27-17(26)24-11-8-15(9-12-24)23-16(25)22-10-7-13-3-5-14(6-4-13)18(19,20)21/h3-6,15H,2,7-12H2,1H3,(H2,22,23,25). The largest absolute Gasteiger partial charge is 0.450 e. The van der Waals surface area contributed by atoms with Gasteiger partial charge in [-0.25, -0.2) is 9.59 Å². The van der Waals surface area contributed by atoms with Crippen molar-refractivity contribution in [3.05, 3.63) is 35.4 Å². The Bertz CT molecular complexity index is 627. The number of hydrogen-bond donors (Lipinski definition) is 2. The highest BCUT2D eigenvalue weighted by Crippen LogP contribution is 2.29. The molecule has 0 atom stereocenters. The van der Waals surface area contributed by atoms with Crippen LogP contribution in [0.5, 0.6) is 0 Å². The number of nitrogens with one attached hydrogen (secondary N) is 2. The van der Waals surface area contributed by atoms with Crippen LogP contribution in [0.25, 0.3) is 0 Å². The lowest BCUT2D eigenvalue weighted by molar-refractivity contribution is -0.137. The Morgan fingerprint density at radius 1 is 1.19 bits per heavy atom. The SMILES string of the molecule is CCOC(=O)N1CCC(NC(=O)NCCc2ccc(C(F)(F)F)cc2)CC1. The molecule has 9 heteroatoms. The van der Waals surface area contributed by atoms with Gasteiger partial charge < -0.3 is 20.3 Å². The molecule has 0 aromatic heterocycles. The number of carbonyl (C=O) groups excluding carboxylic acids is 2. The molecule has 3 amide bonds. The van der Waals surface area contributed by atoms with Crippen molar-refractivity contribution in [2.45, 2.75) is 38.4 Å². The molecule has 1 aromatic carbocycles. The van der Waals surface area contributed by atoms with Gasteiger partial charge in [-0.15, -0.1) is 0 Å². The van der Waals surface area contributed by atoms with Crippen LogP contribution in [0.1, 0.15) is 30.9 Å². The molecule has 6 nitrogen and oxygen atoms in total. The molecule has 0 spiro atoms. The molecule has 1 heterocycles. The maximum absolute atomic E-state index is 12.5. The molecule has 150 valence electrons. The first-order valence-corrected chi connectivity index (χ1v) is 8.91. The summed E-state index contributed by atoms with van der Waals surface area (Å²) in [5.74, 6) is 0. The molecule has 1 aromatic rings. The molecule has 0 radical (unpaired) electrons. The van der Waals surface area contributed by atoms with Gasteiger partial charge in [-0.1, -0.05) is 12.1 Å². The van der Waals surface area contributed by atoms with Gasteiger partial charge in [-0.3, -0.25) is 0 Å². The fraction of sp³-hybridized carbons (Fsp3) is 0.556. The number of rotatable bonds is 5. The van der Waals surface area contributed by atoms with E-state index in [-0.39, 0.29) is 18.2 Å². The van der Waals surface area contributed by atoms with Crippen molar-refractivity contribution in [1.29, 1.82) is 0 Å². The molecule has 0 saturated carbocycles. The zero-order valence-corrected chi connectivity index (χ0v) is 15.1. The molecular weight excluding hydrogens is 363 g/mol. The van der Waals surface area contributed by atoms with Crippen molar-refractivity contribution in [2.24, 2.45) is 0 Å². The molecule has 2 N–H and O–H groups in total. The van der Waals surface area contributed by atoms with Crippen molar-refractivity contribution in [1.82, 2.24) is 15.5 Å². The summed E-state index contributed by atoms with van der Waals surface area (Å²) < 4.78 is 42.5. The Balaban J connectivity index is 1.66. The van der Waals surface area contributed by atoms with E-state index >= 15 is 0 Å². The van der Waals surface area contributed by atoms with Crippen LogP contribution in [-0.2, 0) is 17.3 Å². The van der Waals surface area contributed by atoms with Gasteiger partial charge in [-0.2, -0.15) is 13.2 Å². The number of likely N-dealkylation sites (tertiary alicyclic amines) is 1. The smallest absolute Gasteiger partial charge is 0.416 e. The second-order valence-corrected chi connectivity index (χ2v) is 6.31. The second-order valence-electron chi connectivity index (χ2n) is 6.31. The first kappa shape index (κ1) is 20.9. The summed E-state index contributed by atoms with van der Waals surface area (Å²) >= 11 is 0. The molecule has 0 aliphatic carbocycles. The number of urea groups is 1. The van der Waals surface area contributed by atoms with Crippen molar-refractivity contribution in [3.63, 3.8) is 0 Å². The van der Waals surface area contributed by atoms with Crippen molar-refractivity contribution >= 4 is 12.1 Å². The number of ether oxygens (including phenoxy) is 1. The normalized spacial score (nSPS) is 15.3. The van der Waals surface area contributed by atoms with E-state index in [9.17, 15) is 22.8 Å². The molecule has 1 aliphatic heterocycles. The van der Waals surface area contributed by atoms with E-state index in [1.165, 1.54) is 12.1 Å². The minimum absolute atomic E-state index is 0.0262. The molecule has 0 bridgehead atoms. The van der Waals surface area contributed by atoms with E-state index in [4.69, 9.17) is 4.74 Å². The minimum Gasteiger partial charge on any atom is -0.450 e. The number of hydrogen-bond acceptors (Lipinski definition) is 3. The monoisotopic (exact) mass is 387 g/mol. The van der Waals surface area contributed by atoms with E-state index in [1.807, 2.05) is 0 Å². The maximum atomic E-state index is 12.5. The van der Waals surface area contributed by atoms with Gasteiger partial charge in [0.2, 0.25) is 0 Å². The average molecular weight is 387 g/mol. The molecule has 27 heavy (non-hydrogen) atoms. The summed E-state index contributed by atoms with van der Waals surface area (Å²) in [6.45, 7) is 3.45. The van der Waals surface area contributed by atoms with E-state index in [0.717, 1.165) is 12.1 Å². The van der Waals surface area contributed by atoms with Gasteiger partial charge in [0.15, 0.2) is 0 Å². The first-order valence-electron chi connectivity index (χ1n) is 8.91. The van der Waals surface area contributed by atoms with Crippen LogP contribution >= 0.6 is 0 Å². The van der Waals surface area contributed by atoms with Crippen LogP contribution < -0.4 is 10.6 Å². The second kappa shape index (κ2) is 9.48. The summed E-state index contributed by atoms with van der Waals surface area (Å²) in [5.41, 5.74) is 0.0251. The van der Waals surface area contributed by atoms with Crippen LogP contribution in [0.15, 0.2) is 24.3 Å². The van der Waals surface area contributed by atoms with Crippen LogP contribution in [-0.4, -0.2) is 49.3 Å². The fourth-order valence-electron chi connectivity index (χ4n) is 2.84. The number of benzene rings is 1. The summed E-state index contributed by atoms with van der Waals surface area (Å²) in [4.78, 5) is 25.2. The highest BCUT2D eigenvalue weighted by atomic mass is 19.4. The third-order valence-corrected chi connectivity index (χ3v) is 4.34. The topological polar surface area (TPSA) is 70.7 Å². The zero-order chi connectivity index (χ0) is 19.9. The molecule has 0 unspecified atom stereocenters. The zero-order valence-electron chi connectivity index (χ0n) is 15.1. The molecular formula is C18H24F3N3O3. The van der Waals surface area contributed by atoms with Gasteiger partial charge in [-0.05, 0) is 43.9 Å². The number of halogens is 3. The van der Waals surface area contributed by atoms with Gasteiger partial charge in [0.05, 0.1) is 12.2 Å². The molecule has 1 fully saturated rings. The number of amides is 3. The number of carbonyl (C=O) groups is 2. The third-order valence-electron chi connectivity index (χ3n) is 4.34. The predicted molar refractivity (Wildman–Crippen MR) is 93.3 cm³/mol. The van der Waals surface area contributed by atoms with Gasteiger partial charge in [0.1, 0.15) is 0 Å². The van der Waals surface area contributed by atoms with Crippen LogP contribution in [0.4, 0.5) is 22.8 Å². The lowest BCUT2D eigenvalue weighted by atomic mass is 10.1. The van der Waals surface area contributed by atoms with E-state index in [0.29, 0.717) is 51.1 Å². The quantitative estimate of drug-likeness (QED) is 0.815. The Hall–Kier alpha value is -2.45. The Morgan fingerprint density at radius 3 is 2.37 bits per heavy atom. The molecule has 2 rings (SSSR count). The Kier molecular flexibility index (Phi) is 7.32. The van der Waals surface area contributed by atoms with Gasteiger partial charge >= 0.3 is 18.3 Å². The summed E-state index contributed by atoms with van der Waals surface area (Å²) in [6.07, 6.45) is -2.96. The van der Waals surface area contributed by atoms with Gasteiger partial charge in [0.25, 0.3) is 0 Å². The van der Waals surface area contributed by atoms with Gasteiger partial charge in [0, 0.05) is 25.7 Å². The highest BCUT2D eigenvalue weighted by molar-refractivity contribution is 5.74. The molecule has 1 saturated heterocycles. The average Bonchev–Trinajstić information content (AvgIpc) is 2.62. The van der Waals surface area contributed by atoms with Crippen LogP contribution in [0.2, 0.25) is 0 Å². The Morgan fingerprint density at radius 2 is 1.81 bits per heavy atom. The number of nitrogens with zero attached hydrogens (tertiary/aromatic N) is 1. The fourth-order valence-corrected chi connectivity index (χ4v) is 2.84. The van der Waals surface area contributed by atoms with Crippen molar-refractivity contribution < 1.29 is 27.5 Å². The first-order chi connectivity index (χ1) is 12.8. The van der Waals surface area contributed by atoms with Crippen molar-refractivity contribution in [3.8, 4) is 0 Å². The lowest BCUT2D eigenvalue weighted by Crippen LogP contribution is -2.49. The van der Waals surface area contributed by atoms with E-state index in [1.54, 1.807) is 11.8 Å². The Labute approximate surface area is 156 Å². The van der Waals surface area contributed by atoms with E-state index < -0.39 is 11.7 Å². The molecule has 1 aliphatic rings.